The van der Waals surface area contributed by atoms with E-state index in [2.05, 4.69) is 21.9 Å². The third-order valence-corrected chi connectivity index (χ3v) is 8.47. The summed E-state index contributed by atoms with van der Waals surface area (Å²) in [6.45, 7) is 6.31. The molecule has 0 bridgehead atoms. The van der Waals surface area contributed by atoms with E-state index in [4.69, 9.17) is 19.4 Å². The molecule has 3 aliphatic heterocycles. The maximum Gasteiger partial charge on any atom is 0.264 e. The van der Waals surface area contributed by atoms with Gasteiger partial charge in [0.15, 0.2) is 16.7 Å². The molecule has 2 aromatic heterocycles. The minimum absolute atomic E-state index is 0.103. The average Bonchev–Trinajstić information content (AvgIpc) is 3.55. The Kier molecular flexibility index (Phi) is 6.42. The van der Waals surface area contributed by atoms with Gasteiger partial charge in [-0.2, -0.15) is 0 Å². The number of thiophene rings is 1. The Morgan fingerprint density at radius 3 is 2.60 bits per heavy atom. The number of thioether (sulfide) groups is 1. The molecule has 0 spiro atoms. The number of piperazine rings is 1. The Hall–Kier alpha value is -2.56. The molecular formula is C25H29N5O3S2. The van der Waals surface area contributed by atoms with Crippen LogP contribution in [0.25, 0.3) is 10.2 Å². The highest BCUT2D eigenvalue weighted by molar-refractivity contribution is 7.98. The van der Waals surface area contributed by atoms with Crippen LogP contribution in [0.3, 0.4) is 0 Å². The van der Waals surface area contributed by atoms with Crippen molar-refractivity contribution in [2.45, 2.75) is 31.0 Å². The summed E-state index contributed by atoms with van der Waals surface area (Å²) in [5.74, 6) is 2.72. The van der Waals surface area contributed by atoms with E-state index < -0.39 is 0 Å². The first-order valence-corrected chi connectivity index (χ1v) is 14.2. The van der Waals surface area contributed by atoms with Crippen molar-refractivity contribution >= 4 is 45.0 Å². The molecule has 3 aliphatic rings. The number of amides is 1. The fourth-order valence-electron chi connectivity index (χ4n) is 4.99. The van der Waals surface area contributed by atoms with Crippen LogP contribution in [-0.4, -0.2) is 78.0 Å². The molecule has 0 unspecified atom stereocenters. The number of carbonyl (C=O) groups excluding carboxylic acids is 1. The third-order valence-electron chi connectivity index (χ3n) is 6.90. The first-order chi connectivity index (χ1) is 17.2. The molecule has 0 saturated carbocycles. The van der Waals surface area contributed by atoms with Crippen LogP contribution in [0.15, 0.2) is 29.4 Å². The number of hydrogen-bond acceptors (Lipinski definition) is 9. The fourth-order valence-corrected chi connectivity index (χ4v) is 6.41. The van der Waals surface area contributed by atoms with Crippen molar-refractivity contribution in [2.24, 2.45) is 0 Å². The SMILES string of the molecule is CSc1nc(N2CCCCC2)c2cc(C(=O)N3CCN(Cc4ccc5c(c4)OCO5)CC3)sc2n1. The molecule has 2 fully saturated rings. The molecule has 2 saturated heterocycles. The number of carbonyl (C=O) groups is 1. The monoisotopic (exact) mass is 511 g/mol. The van der Waals surface area contributed by atoms with Crippen LogP contribution >= 0.6 is 23.1 Å². The summed E-state index contributed by atoms with van der Waals surface area (Å²) in [4.78, 5) is 31.4. The highest BCUT2D eigenvalue weighted by Crippen LogP contribution is 2.35. The number of nitrogens with zero attached hydrogens (tertiary/aromatic N) is 5. The van der Waals surface area contributed by atoms with Crippen LogP contribution in [0.4, 0.5) is 5.82 Å². The highest BCUT2D eigenvalue weighted by atomic mass is 32.2. The van der Waals surface area contributed by atoms with Gasteiger partial charge in [0, 0.05) is 45.8 Å². The largest absolute Gasteiger partial charge is 0.454 e. The minimum Gasteiger partial charge on any atom is -0.454 e. The first kappa shape index (κ1) is 22.9. The van der Waals surface area contributed by atoms with Gasteiger partial charge in [-0.1, -0.05) is 17.8 Å². The molecule has 5 heterocycles. The molecule has 10 heteroatoms. The quantitative estimate of drug-likeness (QED) is 0.375. The zero-order chi connectivity index (χ0) is 23.8. The van der Waals surface area contributed by atoms with Crippen LogP contribution in [0.1, 0.15) is 34.5 Å². The average molecular weight is 512 g/mol. The molecule has 0 aliphatic carbocycles. The predicted octanol–water partition coefficient (Wildman–Crippen LogP) is 4.09. The van der Waals surface area contributed by atoms with Crippen LogP contribution < -0.4 is 14.4 Å². The normalized spacial score (nSPS) is 18.4. The number of hydrogen-bond donors (Lipinski definition) is 0. The number of anilines is 1. The minimum atomic E-state index is 0.103. The highest BCUT2D eigenvalue weighted by Gasteiger charge is 2.26. The van der Waals surface area contributed by atoms with Crippen LogP contribution in [0, 0.1) is 0 Å². The summed E-state index contributed by atoms with van der Waals surface area (Å²) in [5, 5.41) is 1.79. The summed E-state index contributed by atoms with van der Waals surface area (Å²) in [7, 11) is 0. The van der Waals surface area contributed by atoms with Crippen molar-refractivity contribution in [3.8, 4) is 11.5 Å². The summed E-state index contributed by atoms with van der Waals surface area (Å²) in [5.41, 5.74) is 1.20. The number of ether oxygens (including phenoxy) is 2. The predicted molar refractivity (Wildman–Crippen MR) is 139 cm³/mol. The van der Waals surface area contributed by atoms with E-state index in [1.807, 2.05) is 23.3 Å². The molecule has 35 heavy (non-hydrogen) atoms. The molecule has 0 atom stereocenters. The Morgan fingerprint density at radius 2 is 1.80 bits per heavy atom. The van der Waals surface area contributed by atoms with Crippen molar-refractivity contribution < 1.29 is 14.3 Å². The Bertz CT molecular complexity index is 1240. The zero-order valence-corrected chi connectivity index (χ0v) is 21.5. The fraction of sp³-hybridized carbons (Fsp3) is 0.480. The Labute approximate surface area is 213 Å². The molecule has 6 rings (SSSR count). The second-order valence-corrected chi connectivity index (χ2v) is 11.0. The number of benzene rings is 1. The van der Waals surface area contributed by atoms with Crippen LogP contribution in [-0.2, 0) is 6.54 Å². The van der Waals surface area contributed by atoms with E-state index in [0.717, 1.165) is 83.4 Å². The number of fused-ring (bicyclic) bond motifs is 2. The number of aromatic nitrogens is 2. The van der Waals surface area contributed by atoms with Crippen LogP contribution in [0.5, 0.6) is 11.5 Å². The molecule has 3 aromatic rings. The van der Waals surface area contributed by atoms with Gasteiger partial charge in [-0.3, -0.25) is 9.69 Å². The van der Waals surface area contributed by atoms with Gasteiger partial charge in [0.05, 0.1) is 10.3 Å². The number of rotatable bonds is 5. The summed E-state index contributed by atoms with van der Waals surface area (Å²) in [6, 6.07) is 8.14. The molecule has 8 nitrogen and oxygen atoms in total. The number of piperidine rings is 1. The second-order valence-electron chi connectivity index (χ2n) is 9.17. The molecular weight excluding hydrogens is 482 g/mol. The lowest BCUT2D eigenvalue weighted by molar-refractivity contribution is 0.0633. The molecule has 0 radical (unpaired) electrons. The molecule has 0 N–H and O–H groups in total. The smallest absolute Gasteiger partial charge is 0.264 e. The van der Waals surface area contributed by atoms with Gasteiger partial charge in [0.25, 0.3) is 5.91 Å². The van der Waals surface area contributed by atoms with Gasteiger partial charge >= 0.3 is 0 Å². The van der Waals surface area contributed by atoms with E-state index in [9.17, 15) is 4.79 Å². The summed E-state index contributed by atoms with van der Waals surface area (Å²) < 4.78 is 10.9. The first-order valence-electron chi connectivity index (χ1n) is 12.2. The lowest BCUT2D eigenvalue weighted by atomic mass is 10.1. The standard InChI is InChI=1S/C25H29N5O3S2/c1-34-25-26-22(29-7-3-2-4-8-29)18-14-21(35-23(18)27-25)24(31)30-11-9-28(10-12-30)15-17-5-6-19-20(13-17)33-16-32-19/h5-6,13-14H,2-4,7-12,15-16H2,1H3. The summed E-state index contributed by atoms with van der Waals surface area (Å²) >= 11 is 3.06. The second kappa shape index (κ2) is 9.83. The van der Waals surface area contributed by atoms with Gasteiger partial charge in [0.2, 0.25) is 6.79 Å². The van der Waals surface area contributed by atoms with Crippen molar-refractivity contribution in [3.63, 3.8) is 0 Å². The van der Waals surface area contributed by atoms with E-state index in [0.29, 0.717) is 6.79 Å². The molecule has 1 amide bonds. The van der Waals surface area contributed by atoms with Crippen molar-refractivity contribution in [3.05, 3.63) is 34.7 Å². The maximum absolute atomic E-state index is 13.4. The third kappa shape index (κ3) is 4.66. The van der Waals surface area contributed by atoms with Gasteiger partial charge in [-0.15, -0.1) is 11.3 Å². The van der Waals surface area contributed by atoms with E-state index in [1.165, 1.54) is 36.2 Å². The van der Waals surface area contributed by atoms with Crippen molar-refractivity contribution in [1.82, 2.24) is 19.8 Å². The lowest BCUT2D eigenvalue weighted by Gasteiger charge is -2.34. The van der Waals surface area contributed by atoms with E-state index in [1.54, 1.807) is 11.8 Å². The van der Waals surface area contributed by atoms with Gasteiger partial charge < -0.3 is 19.3 Å². The Balaban J connectivity index is 1.15. The Morgan fingerprint density at radius 1 is 1.00 bits per heavy atom. The zero-order valence-electron chi connectivity index (χ0n) is 19.9. The van der Waals surface area contributed by atoms with Gasteiger partial charge in [-0.25, -0.2) is 9.97 Å². The molecule has 1 aromatic carbocycles. The van der Waals surface area contributed by atoms with E-state index >= 15 is 0 Å². The lowest BCUT2D eigenvalue weighted by Crippen LogP contribution is -2.48. The molecule has 184 valence electrons. The van der Waals surface area contributed by atoms with Gasteiger partial charge in [-0.05, 0) is 49.3 Å². The summed E-state index contributed by atoms with van der Waals surface area (Å²) in [6.07, 6.45) is 5.65. The van der Waals surface area contributed by atoms with Crippen molar-refractivity contribution in [2.75, 3.05) is 57.2 Å². The maximum atomic E-state index is 13.4. The topological polar surface area (TPSA) is 71.0 Å². The van der Waals surface area contributed by atoms with Gasteiger partial charge in [0.1, 0.15) is 10.6 Å². The van der Waals surface area contributed by atoms with E-state index in [-0.39, 0.29) is 5.91 Å². The van der Waals surface area contributed by atoms with Crippen molar-refractivity contribution in [1.29, 1.82) is 0 Å². The van der Waals surface area contributed by atoms with Crippen LogP contribution in [0.2, 0.25) is 0 Å².